The quantitative estimate of drug-likeness (QED) is 0.330. The topological polar surface area (TPSA) is 108 Å². The lowest BCUT2D eigenvalue weighted by Crippen LogP contribution is -2.56. The molecular weight excluding hydrogens is 454 g/mol. The molecule has 1 amide bonds. The standard InChI is InChI=1S/C25H29N3O5S/c29-24(26-30)25(13-1-2-14-25)27-34(31,32)23-11-9-21(10-12-23)4-3-20-5-7-22(8-6-20)19-28-15-17-33-18-16-28/h5-12,27,30H,1-2,13-19H2,(H,26,29). The van der Waals surface area contributed by atoms with Gasteiger partial charge >= 0.3 is 0 Å². The van der Waals surface area contributed by atoms with Crippen LogP contribution in [0.2, 0.25) is 0 Å². The van der Waals surface area contributed by atoms with Gasteiger partial charge in [0.2, 0.25) is 10.0 Å². The zero-order valence-electron chi connectivity index (χ0n) is 18.9. The number of nitrogens with one attached hydrogen (secondary N) is 2. The Bertz CT molecular complexity index is 1160. The minimum absolute atomic E-state index is 0.0440. The fourth-order valence-electron chi connectivity index (χ4n) is 4.35. The first-order valence-electron chi connectivity index (χ1n) is 11.4. The zero-order valence-corrected chi connectivity index (χ0v) is 19.7. The highest BCUT2D eigenvalue weighted by molar-refractivity contribution is 7.89. The number of amides is 1. The third kappa shape index (κ3) is 5.84. The molecule has 8 nitrogen and oxygen atoms in total. The molecule has 2 aliphatic rings. The molecule has 2 aromatic carbocycles. The minimum Gasteiger partial charge on any atom is -0.379 e. The summed E-state index contributed by atoms with van der Waals surface area (Å²) in [6.45, 7) is 4.33. The van der Waals surface area contributed by atoms with Crippen LogP contribution in [0.25, 0.3) is 0 Å². The second kappa shape index (κ2) is 10.7. The molecular formula is C25H29N3O5S. The fraction of sp³-hybridized carbons (Fsp3) is 0.400. The van der Waals surface area contributed by atoms with Crippen LogP contribution in [0, 0.1) is 11.8 Å². The van der Waals surface area contributed by atoms with Crippen molar-refractivity contribution < 1.29 is 23.2 Å². The van der Waals surface area contributed by atoms with Crippen molar-refractivity contribution in [2.24, 2.45) is 0 Å². The molecule has 1 aliphatic carbocycles. The monoisotopic (exact) mass is 483 g/mol. The van der Waals surface area contributed by atoms with Crippen LogP contribution in [0.1, 0.15) is 42.4 Å². The molecule has 2 fully saturated rings. The Labute approximate surface area is 200 Å². The van der Waals surface area contributed by atoms with Gasteiger partial charge in [-0.2, -0.15) is 4.72 Å². The molecule has 0 atom stereocenters. The van der Waals surface area contributed by atoms with Crippen molar-refractivity contribution in [2.75, 3.05) is 26.3 Å². The van der Waals surface area contributed by atoms with Gasteiger partial charge in [-0.3, -0.25) is 14.9 Å². The number of carbonyl (C=O) groups excluding carboxylic acids is 1. The molecule has 1 heterocycles. The highest BCUT2D eigenvalue weighted by Gasteiger charge is 2.44. The Morgan fingerprint density at radius 1 is 0.971 bits per heavy atom. The summed E-state index contributed by atoms with van der Waals surface area (Å²) >= 11 is 0. The van der Waals surface area contributed by atoms with Crippen LogP contribution in [0.4, 0.5) is 0 Å². The average Bonchev–Trinajstić information content (AvgIpc) is 3.33. The van der Waals surface area contributed by atoms with Crippen LogP contribution >= 0.6 is 0 Å². The van der Waals surface area contributed by atoms with Crippen molar-refractivity contribution >= 4 is 15.9 Å². The van der Waals surface area contributed by atoms with Gasteiger partial charge in [-0.1, -0.05) is 36.8 Å². The summed E-state index contributed by atoms with van der Waals surface area (Å²) in [5, 5.41) is 9.05. The van der Waals surface area contributed by atoms with E-state index in [2.05, 4.69) is 33.6 Å². The molecule has 0 spiro atoms. The summed E-state index contributed by atoms with van der Waals surface area (Å²) in [5.74, 6) is 5.44. The van der Waals surface area contributed by atoms with Gasteiger partial charge in [0.05, 0.1) is 18.1 Å². The molecule has 1 aliphatic heterocycles. The van der Waals surface area contributed by atoms with Crippen LogP contribution in [0.5, 0.6) is 0 Å². The number of hydrogen-bond donors (Lipinski definition) is 3. The van der Waals surface area contributed by atoms with Crippen LogP contribution in [-0.2, 0) is 26.1 Å². The Kier molecular flexibility index (Phi) is 7.66. The summed E-state index contributed by atoms with van der Waals surface area (Å²) in [7, 11) is -3.94. The largest absolute Gasteiger partial charge is 0.379 e. The SMILES string of the molecule is O=C(NO)C1(NS(=O)(=O)c2ccc(C#Cc3ccc(CN4CCOCC4)cc3)cc2)CCCC1. The molecule has 0 aromatic heterocycles. The summed E-state index contributed by atoms with van der Waals surface area (Å²) < 4.78 is 33.6. The van der Waals surface area contributed by atoms with Crippen LogP contribution in [-0.4, -0.2) is 56.3 Å². The smallest absolute Gasteiger partial charge is 0.264 e. The van der Waals surface area contributed by atoms with E-state index in [1.807, 2.05) is 12.1 Å². The first-order chi connectivity index (χ1) is 16.4. The maximum absolute atomic E-state index is 12.9. The predicted octanol–water partition coefficient (Wildman–Crippen LogP) is 2.02. The molecule has 2 aromatic rings. The fourth-order valence-corrected chi connectivity index (χ4v) is 5.77. The Balaban J connectivity index is 1.40. The highest BCUT2D eigenvalue weighted by atomic mass is 32.2. The van der Waals surface area contributed by atoms with Crippen molar-refractivity contribution in [1.29, 1.82) is 0 Å². The van der Waals surface area contributed by atoms with Gasteiger partial charge in [0.15, 0.2) is 0 Å². The number of nitrogens with zero attached hydrogens (tertiary/aromatic N) is 1. The van der Waals surface area contributed by atoms with E-state index < -0.39 is 21.5 Å². The average molecular weight is 484 g/mol. The number of hydroxylamine groups is 1. The van der Waals surface area contributed by atoms with E-state index in [1.54, 1.807) is 17.6 Å². The molecule has 1 saturated carbocycles. The number of ether oxygens (including phenoxy) is 1. The van der Waals surface area contributed by atoms with E-state index >= 15 is 0 Å². The van der Waals surface area contributed by atoms with Gasteiger partial charge in [-0.25, -0.2) is 13.9 Å². The number of hydrogen-bond acceptors (Lipinski definition) is 6. The lowest BCUT2D eigenvalue weighted by Gasteiger charge is -2.27. The van der Waals surface area contributed by atoms with Crippen molar-refractivity contribution in [3.05, 3.63) is 65.2 Å². The predicted molar refractivity (Wildman–Crippen MR) is 126 cm³/mol. The van der Waals surface area contributed by atoms with Gasteiger partial charge in [0.1, 0.15) is 5.54 Å². The van der Waals surface area contributed by atoms with Crippen molar-refractivity contribution in [3.63, 3.8) is 0 Å². The number of benzene rings is 2. The number of rotatable bonds is 6. The van der Waals surface area contributed by atoms with E-state index in [0.29, 0.717) is 31.2 Å². The van der Waals surface area contributed by atoms with Gasteiger partial charge in [-0.15, -0.1) is 0 Å². The summed E-state index contributed by atoms with van der Waals surface area (Å²) in [6, 6.07) is 14.3. The van der Waals surface area contributed by atoms with Crippen LogP contribution in [0.3, 0.4) is 0 Å². The zero-order chi connectivity index (χ0) is 24.0. The van der Waals surface area contributed by atoms with E-state index in [0.717, 1.165) is 38.4 Å². The lowest BCUT2D eigenvalue weighted by molar-refractivity contribution is -0.135. The number of carbonyl (C=O) groups is 1. The normalized spacial score (nSPS) is 18.1. The van der Waals surface area contributed by atoms with Gasteiger partial charge < -0.3 is 4.74 Å². The second-order valence-corrected chi connectivity index (χ2v) is 10.4. The Morgan fingerprint density at radius 2 is 1.53 bits per heavy atom. The molecule has 1 saturated heterocycles. The van der Waals surface area contributed by atoms with E-state index in [1.165, 1.54) is 17.7 Å². The highest BCUT2D eigenvalue weighted by Crippen LogP contribution is 2.31. The molecule has 3 N–H and O–H groups in total. The van der Waals surface area contributed by atoms with E-state index in [-0.39, 0.29) is 4.90 Å². The molecule has 0 bridgehead atoms. The molecule has 9 heteroatoms. The van der Waals surface area contributed by atoms with Crippen molar-refractivity contribution in [1.82, 2.24) is 15.1 Å². The summed E-state index contributed by atoms with van der Waals surface area (Å²) in [4.78, 5) is 14.5. The lowest BCUT2D eigenvalue weighted by atomic mass is 9.99. The van der Waals surface area contributed by atoms with Crippen LogP contribution in [0.15, 0.2) is 53.4 Å². The first-order valence-corrected chi connectivity index (χ1v) is 12.9. The number of morpholine rings is 1. The molecule has 4 rings (SSSR count). The maximum atomic E-state index is 12.9. The minimum atomic E-state index is -3.94. The Hall–Kier alpha value is -2.74. The molecule has 34 heavy (non-hydrogen) atoms. The summed E-state index contributed by atoms with van der Waals surface area (Å²) in [5.41, 5.74) is 3.06. The van der Waals surface area contributed by atoms with E-state index in [9.17, 15) is 13.2 Å². The van der Waals surface area contributed by atoms with Gasteiger partial charge in [-0.05, 0) is 54.8 Å². The third-order valence-corrected chi connectivity index (χ3v) is 7.85. The molecule has 180 valence electrons. The third-order valence-electron chi connectivity index (χ3n) is 6.30. The van der Waals surface area contributed by atoms with Gasteiger partial charge in [0, 0.05) is 30.8 Å². The maximum Gasteiger partial charge on any atom is 0.264 e. The first kappa shape index (κ1) is 24.4. The van der Waals surface area contributed by atoms with E-state index in [4.69, 9.17) is 9.94 Å². The Morgan fingerprint density at radius 3 is 2.09 bits per heavy atom. The number of sulfonamides is 1. The van der Waals surface area contributed by atoms with Crippen molar-refractivity contribution in [2.45, 2.75) is 42.7 Å². The van der Waals surface area contributed by atoms with Gasteiger partial charge in [0.25, 0.3) is 5.91 Å². The summed E-state index contributed by atoms with van der Waals surface area (Å²) in [6.07, 6.45) is 2.10. The van der Waals surface area contributed by atoms with Crippen LogP contribution < -0.4 is 10.2 Å². The van der Waals surface area contributed by atoms with Crippen molar-refractivity contribution in [3.8, 4) is 11.8 Å². The molecule has 0 radical (unpaired) electrons. The molecule has 0 unspecified atom stereocenters. The second-order valence-electron chi connectivity index (χ2n) is 8.70.